The molecular formula is C14H20N4O3. The highest BCUT2D eigenvalue weighted by atomic mass is 16.3. The quantitative estimate of drug-likeness (QED) is 0.832. The second kappa shape index (κ2) is 6.34. The van der Waals surface area contributed by atoms with Gasteiger partial charge in [-0.2, -0.15) is 0 Å². The molecule has 0 aliphatic carbocycles. The molecule has 0 saturated heterocycles. The van der Waals surface area contributed by atoms with E-state index in [1.54, 1.807) is 18.6 Å². The first kappa shape index (κ1) is 15.0. The minimum atomic E-state index is -0.422. The van der Waals surface area contributed by atoms with Crippen molar-refractivity contribution in [3.8, 4) is 0 Å². The summed E-state index contributed by atoms with van der Waals surface area (Å²) in [6.07, 6.45) is 4.90. The highest BCUT2D eigenvalue weighted by Crippen LogP contribution is 2.13. The fraction of sp³-hybridized carbons (Fsp3) is 0.429. The predicted octanol–water partition coefficient (Wildman–Crippen LogP) is 1.13. The standard InChI is InChI=1S/C14H20N4O3/c1-3-4-6-18-12(15)11(13(19)17(2)14(18)20)16-8-10-5-7-21-9-10/h5,7,9,16H,3-4,6,8,15H2,1-2H3. The number of aromatic nitrogens is 2. The Bertz CT molecular complexity index is 713. The Balaban J connectivity index is 2.37. The summed E-state index contributed by atoms with van der Waals surface area (Å²) in [4.78, 5) is 24.3. The number of nitrogens with two attached hydrogens (primary N) is 1. The molecule has 2 aromatic rings. The van der Waals surface area contributed by atoms with Crippen LogP contribution in [0.4, 0.5) is 11.5 Å². The predicted molar refractivity (Wildman–Crippen MR) is 81.3 cm³/mol. The second-order valence-corrected chi connectivity index (χ2v) is 4.90. The van der Waals surface area contributed by atoms with E-state index >= 15 is 0 Å². The molecule has 0 radical (unpaired) electrons. The number of nitrogens with one attached hydrogen (secondary N) is 1. The summed E-state index contributed by atoms with van der Waals surface area (Å²) in [5, 5.41) is 2.99. The zero-order valence-corrected chi connectivity index (χ0v) is 12.3. The van der Waals surface area contributed by atoms with E-state index in [0.29, 0.717) is 13.1 Å². The Hall–Kier alpha value is -2.44. The number of rotatable bonds is 6. The summed E-state index contributed by atoms with van der Waals surface area (Å²) in [6.45, 7) is 2.93. The average molecular weight is 292 g/mol. The Morgan fingerprint density at radius 3 is 2.76 bits per heavy atom. The maximum Gasteiger partial charge on any atom is 0.332 e. The first-order chi connectivity index (χ1) is 10.1. The van der Waals surface area contributed by atoms with Crippen LogP contribution in [0.3, 0.4) is 0 Å². The molecule has 21 heavy (non-hydrogen) atoms. The summed E-state index contributed by atoms with van der Waals surface area (Å²) in [5.74, 6) is 0.181. The lowest BCUT2D eigenvalue weighted by atomic mass is 10.3. The first-order valence-corrected chi connectivity index (χ1v) is 6.90. The van der Waals surface area contributed by atoms with Gasteiger partial charge in [0.05, 0.1) is 12.5 Å². The molecule has 7 nitrogen and oxygen atoms in total. The third kappa shape index (κ3) is 3.01. The molecule has 7 heteroatoms. The van der Waals surface area contributed by atoms with E-state index in [1.807, 2.05) is 6.92 Å². The van der Waals surface area contributed by atoms with E-state index in [0.717, 1.165) is 23.0 Å². The Kier molecular flexibility index (Phi) is 4.52. The zero-order valence-electron chi connectivity index (χ0n) is 12.3. The summed E-state index contributed by atoms with van der Waals surface area (Å²) in [5.41, 5.74) is 6.32. The van der Waals surface area contributed by atoms with Gasteiger partial charge in [0.15, 0.2) is 0 Å². The molecule has 0 fully saturated rings. The van der Waals surface area contributed by atoms with Crippen LogP contribution >= 0.6 is 0 Å². The van der Waals surface area contributed by atoms with Gasteiger partial charge in [0.25, 0.3) is 5.56 Å². The van der Waals surface area contributed by atoms with Crippen LogP contribution in [0.15, 0.2) is 32.6 Å². The van der Waals surface area contributed by atoms with Crippen molar-refractivity contribution in [2.75, 3.05) is 11.1 Å². The number of hydrogen-bond acceptors (Lipinski definition) is 5. The molecule has 114 valence electrons. The highest BCUT2D eigenvalue weighted by Gasteiger charge is 2.14. The molecule has 0 aromatic carbocycles. The van der Waals surface area contributed by atoms with Crippen molar-refractivity contribution >= 4 is 11.5 Å². The van der Waals surface area contributed by atoms with Crippen molar-refractivity contribution in [2.24, 2.45) is 7.05 Å². The van der Waals surface area contributed by atoms with Crippen LogP contribution in [-0.4, -0.2) is 9.13 Å². The van der Waals surface area contributed by atoms with Gasteiger partial charge in [-0.25, -0.2) is 4.79 Å². The van der Waals surface area contributed by atoms with Gasteiger partial charge in [0, 0.05) is 25.7 Å². The maximum absolute atomic E-state index is 12.2. The minimum Gasteiger partial charge on any atom is -0.472 e. The SMILES string of the molecule is CCCCn1c(N)c(NCc2ccoc2)c(=O)n(C)c1=O. The van der Waals surface area contributed by atoms with Gasteiger partial charge < -0.3 is 15.5 Å². The van der Waals surface area contributed by atoms with Crippen molar-refractivity contribution in [1.82, 2.24) is 9.13 Å². The van der Waals surface area contributed by atoms with E-state index in [9.17, 15) is 9.59 Å². The van der Waals surface area contributed by atoms with Crippen LogP contribution in [-0.2, 0) is 20.1 Å². The number of nitrogens with zero attached hydrogens (tertiary/aromatic N) is 2. The van der Waals surface area contributed by atoms with Crippen molar-refractivity contribution in [3.05, 3.63) is 45.0 Å². The molecule has 0 bridgehead atoms. The highest BCUT2D eigenvalue weighted by molar-refractivity contribution is 5.60. The monoisotopic (exact) mass is 292 g/mol. The average Bonchev–Trinajstić information content (AvgIpc) is 2.98. The number of nitrogen functional groups attached to an aromatic ring is 1. The molecule has 3 N–H and O–H groups in total. The number of furan rings is 1. The molecule has 0 aliphatic heterocycles. The fourth-order valence-electron chi connectivity index (χ4n) is 2.07. The summed E-state index contributed by atoms with van der Waals surface area (Å²) < 4.78 is 7.48. The van der Waals surface area contributed by atoms with Gasteiger partial charge >= 0.3 is 5.69 Å². The van der Waals surface area contributed by atoms with E-state index in [-0.39, 0.29) is 17.2 Å². The van der Waals surface area contributed by atoms with E-state index in [4.69, 9.17) is 10.2 Å². The van der Waals surface area contributed by atoms with Crippen LogP contribution in [0.2, 0.25) is 0 Å². The van der Waals surface area contributed by atoms with Crippen LogP contribution in [0.5, 0.6) is 0 Å². The summed E-state index contributed by atoms with van der Waals surface area (Å²) in [6, 6.07) is 1.79. The third-order valence-corrected chi connectivity index (χ3v) is 3.37. The van der Waals surface area contributed by atoms with Gasteiger partial charge in [0.2, 0.25) is 0 Å². The summed E-state index contributed by atoms with van der Waals surface area (Å²) in [7, 11) is 1.45. The van der Waals surface area contributed by atoms with E-state index in [1.165, 1.54) is 11.6 Å². The molecular weight excluding hydrogens is 272 g/mol. The van der Waals surface area contributed by atoms with Crippen LogP contribution in [0.1, 0.15) is 25.3 Å². The van der Waals surface area contributed by atoms with Crippen LogP contribution < -0.4 is 22.3 Å². The molecule has 0 unspecified atom stereocenters. The first-order valence-electron chi connectivity index (χ1n) is 6.90. The Morgan fingerprint density at radius 2 is 2.14 bits per heavy atom. The van der Waals surface area contributed by atoms with Gasteiger partial charge in [-0.1, -0.05) is 13.3 Å². The molecule has 0 aliphatic rings. The molecule has 2 heterocycles. The topological polar surface area (TPSA) is 95.2 Å². The molecule has 0 spiro atoms. The smallest absolute Gasteiger partial charge is 0.332 e. The van der Waals surface area contributed by atoms with Crippen molar-refractivity contribution in [3.63, 3.8) is 0 Å². The summed E-state index contributed by atoms with van der Waals surface area (Å²) >= 11 is 0. The molecule has 0 saturated carbocycles. The lowest BCUT2D eigenvalue weighted by Gasteiger charge is -2.15. The molecule has 0 amide bonds. The Labute approximate surface area is 122 Å². The van der Waals surface area contributed by atoms with Crippen LogP contribution in [0.25, 0.3) is 0 Å². The fourth-order valence-corrected chi connectivity index (χ4v) is 2.07. The molecule has 2 rings (SSSR count). The lowest BCUT2D eigenvalue weighted by molar-refractivity contribution is 0.564. The molecule has 2 aromatic heterocycles. The maximum atomic E-state index is 12.2. The van der Waals surface area contributed by atoms with Crippen LogP contribution in [0, 0.1) is 0 Å². The second-order valence-electron chi connectivity index (χ2n) is 4.90. The number of unbranched alkanes of at least 4 members (excludes halogenated alkanes) is 1. The van der Waals surface area contributed by atoms with Gasteiger partial charge in [-0.15, -0.1) is 0 Å². The van der Waals surface area contributed by atoms with Crippen molar-refractivity contribution in [1.29, 1.82) is 0 Å². The van der Waals surface area contributed by atoms with Crippen molar-refractivity contribution in [2.45, 2.75) is 32.9 Å². The zero-order chi connectivity index (χ0) is 15.4. The lowest BCUT2D eigenvalue weighted by Crippen LogP contribution is -2.40. The normalized spacial score (nSPS) is 10.8. The number of anilines is 2. The third-order valence-electron chi connectivity index (χ3n) is 3.37. The Morgan fingerprint density at radius 1 is 1.38 bits per heavy atom. The number of hydrogen-bond donors (Lipinski definition) is 2. The molecule has 0 atom stereocenters. The van der Waals surface area contributed by atoms with Gasteiger partial charge in [-0.3, -0.25) is 13.9 Å². The minimum absolute atomic E-state index is 0.181. The van der Waals surface area contributed by atoms with Gasteiger partial charge in [-0.05, 0) is 12.5 Å². The van der Waals surface area contributed by atoms with Crippen molar-refractivity contribution < 1.29 is 4.42 Å². The van der Waals surface area contributed by atoms with Gasteiger partial charge in [0.1, 0.15) is 11.5 Å². The van der Waals surface area contributed by atoms with E-state index < -0.39 is 5.56 Å². The largest absolute Gasteiger partial charge is 0.472 e. The van der Waals surface area contributed by atoms with E-state index in [2.05, 4.69) is 5.32 Å².